The molecule has 0 bridgehead atoms. The second kappa shape index (κ2) is 17.0. The molecule has 0 aliphatic heterocycles. The van der Waals surface area contributed by atoms with Gasteiger partial charge in [-0.2, -0.15) is 0 Å². The number of nitrogens with zero attached hydrogens (tertiary/aromatic N) is 2. The zero-order chi connectivity index (χ0) is 36.4. The molecule has 9 heteroatoms. The van der Waals surface area contributed by atoms with E-state index in [0.29, 0.717) is 18.0 Å². The van der Waals surface area contributed by atoms with Crippen LogP contribution < -0.4 is 14.4 Å². The molecule has 0 spiro atoms. The van der Waals surface area contributed by atoms with Gasteiger partial charge in [-0.25, -0.2) is 8.42 Å². The van der Waals surface area contributed by atoms with Gasteiger partial charge in [0.05, 0.1) is 10.6 Å². The highest BCUT2D eigenvalue weighted by Crippen LogP contribution is 2.29. The Balaban J connectivity index is 1.56. The summed E-state index contributed by atoms with van der Waals surface area (Å²) >= 11 is 0. The van der Waals surface area contributed by atoms with Crippen LogP contribution in [0.25, 0.3) is 0 Å². The van der Waals surface area contributed by atoms with E-state index in [0.717, 1.165) is 26.6 Å². The van der Waals surface area contributed by atoms with Crippen LogP contribution in [0.1, 0.15) is 36.1 Å². The summed E-state index contributed by atoms with van der Waals surface area (Å²) in [6.45, 7) is 7.85. The lowest BCUT2D eigenvalue weighted by Gasteiger charge is -2.34. The molecule has 0 heterocycles. The van der Waals surface area contributed by atoms with E-state index in [4.69, 9.17) is 4.74 Å². The Labute approximate surface area is 301 Å². The molecule has 0 aromatic heterocycles. The molecule has 2 amide bonds. The van der Waals surface area contributed by atoms with Gasteiger partial charge in [-0.3, -0.25) is 13.9 Å². The number of anilines is 1. The van der Waals surface area contributed by atoms with Crippen molar-refractivity contribution in [1.82, 2.24) is 10.2 Å². The van der Waals surface area contributed by atoms with Crippen LogP contribution in [0.2, 0.25) is 0 Å². The van der Waals surface area contributed by atoms with Crippen LogP contribution in [0.4, 0.5) is 5.69 Å². The molecule has 264 valence electrons. The predicted octanol–water partition coefficient (Wildman–Crippen LogP) is 7.70. The molecule has 0 aliphatic carbocycles. The summed E-state index contributed by atoms with van der Waals surface area (Å²) in [5, 5.41) is 3.03. The molecule has 0 unspecified atom stereocenters. The predicted molar refractivity (Wildman–Crippen MR) is 202 cm³/mol. The largest absolute Gasteiger partial charge is 0.457 e. The Bertz CT molecular complexity index is 2000. The maximum Gasteiger partial charge on any atom is 0.264 e. The van der Waals surface area contributed by atoms with Crippen molar-refractivity contribution in [1.29, 1.82) is 0 Å². The molecule has 0 saturated heterocycles. The van der Waals surface area contributed by atoms with Gasteiger partial charge in [0.1, 0.15) is 24.1 Å². The van der Waals surface area contributed by atoms with Crippen molar-refractivity contribution < 1.29 is 22.7 Å². The smallest absolute Gasteiger partial charge is 0.264 e. The van der Waals surface area contributed by atoms with Crippen molar-refractivity contribution in [2.24, 2.45) is 5.92 Å². The number of para-hydroxylation sites is 1. The second-order valence-corrected chi connectivity index (χ2v) is 14.9. The standard InChI is InChI=1S/C42H45N3O5S/c1-31(2)28-43-42(47)40(27-34-14-7-5-8-15-34)44(29-35-16-12-11-13-33(35)4)41(46)30-45(51(48,49)39-25-19-32(3)20-26-39)36-21-23-38(24-22-36)50-37-17-9-6-10-18-37/h5-26,31,40H,27-30H2,1-4H3,(H,43,47)/t40-/m0/s1. The fraction of sp³-hybridized carbons (Fsp3) is 0.238. The van der Waals surface area contributed by atoms with Crippen LogP contribution >= 0.6 is 0 Å². The number of hydrogen-bond acceptors (Lipinski definition) is 5. The Morgan fingerprint density at radius 2 is 1.31 bits per heavy atom. The summed E-state index contributed by atoms with van der Waals surface area (Å²) in [5.74, 6) is 0.520. The molecule has 5 aromatic carbocycles. The summed E-state index contributed by atoms with van der Waals surface area (Å²) in [4.78, 5) is 30.4. The zero-order valence-corrected chi connectivity index (χ0v) is 30.3. The molecular weight excluding hydrogens is 659 g/mol. The summed E-state index contributed by atoms with van der Waals surface area (Å²) in [7, 11) is -4.23. The highest BCUT2D eigenvalue weighted by molar-refractivity contribution is 7.92. The number of hydrogen-bond donors (Lipinski definition) is 1. The number of carbonyl (C=O) groups excluding carboxylic acids is 2. The Kier molecular flexibility index (Phi) is 12.3. The van der Waals surface area contributed by atoms with Crippen LogP contribution in [-0.2, 0) is 32.6 Å². The monoisotopic (exact) mass is 703 g/mol. The SMILES string of the molecule is Cc1ccc(S(=O)(=O)N(CC(=O)N(Cc2ccccc2C)[C@@H](Cc2ccccc2)C(=O)NCC(C)C)c2ccc(Oc3ccccc3)cc2)cc1. The molecular formula is C42H45N3O5S. The number of aryl methyl sites for hydroxylation is 2. The molecule has 1 atom stereocenters. The first-order valence-electron chi connectivity index (χ1n) is 17.1. The number of carbonyl (C=O) groups is 2. The van der Waals surface area contributed by atoms with Crippen molar-refractivity contribution >= 4 is 27.5 Å². The van der Waals surface area contributed by atoms with E-state index in [1.807, 2.05) is 113 Å². The number of nitrogens with one attached hydrogen (secondary N) is 1. The van der Waals surface area contributed by atoms with Crippen LogP contribution in [0.5, 0.6) is 11.5 Å². The first-order chi connectivity index (χ1) is 24.5. The Hall–Kier alpha value is -5.41. The Morgan fingerprint density at radius 1 is 0.725 bits per heavy atom. The van der Waals surface area contributed by atoms with E-state index in [1.54, 1.807) is 36.4 Å². The molecule has 0 saturated carbocycles. The third kappa shape index (κ3) is 9.86. The van der Waals surface area contributed by atoms with Gasteiger partial charge < -0.3 is 15.0 Å². The van der Waals surface area contributed by atoms with Gasteiger partial charge in [0.15, 0.2) is 0 Å². The summed E-state index contributed by atoms with van der Waals surface area (Å²) in [6.07, 6.45) is 0.249. The topological polar surface area (TPSA) is 96.0 Å². The maximum absolute atomic E-state index is 14.8. The minimum Gasteiger partial charge on any atom is -0.457 e. The van der Waals surface area contributed by atoms with Crippen LogP contribution in [0.15, 0.2) is 138 Å². The summed E-state index contributed by atoms with van der Waals surface area (Å²) < 4.78 is 35.9. The quantitative estimate of drug-likeness (QED) is 0.121. The van der Waals surface area contributed by atoms with Crippen LogP contribution in [0, 0.1) is 19.8 Å². The van der Waals surface area contributed by atoms with E-state index < -0.39 is 28.5 Å². The number of ether oxygens (including phenoxy) is 1. The van der Waals surface area contributed by atoms with Gasteiger partial charge in [0.25, 0.3) is 10.0 Å². The molecule has 5 rings (SSSR count). The van der Waals surface area contributed by atoms with Crippen molar-refractivity contribution in [2.75, 3.05) is 17.4 Å². The average Bonchev–Trinajstić information content (AvgIpc) is 3.13. The first-order valence-corrected chi connectivity index (χ1v) is 18.5. The molecule has 0 radical (unpaired) electrons. The van der Waals surface area contributed by atoms with Gasteiger partial charge in [0.2, 0.25) is 11.8 Å². The van der Waals surface area contributed by atoms with Crippen molar-refractivity contribution in [2.45, 2.75) is 51.6 Å². The normalized spacial score (nSPS) is 11.9. The van der Waals surface area contributed by atoms with Crippen molar-refractivity contribution in [3.63, 3.8) is 0 Å². The third-order valence-electron chi connectivity index (χ3n) is 8.55. The van der Waals surface area contributed by atoms with Crippen LogP contribution in [-0.4, -0.2) is 44.3 Å². The molecule has 8 nitrogen and oxygen atoms in total. The van der Waals surface area contributed by atoms with Gasteiger partial charge in [-0.15, -0.1) is 0 Å². The lowest BCUT2D eigenvalue weighted by Crippen LogP contribution is -2.53. The van der Waals surface area contributed by atoms with Crippen LogP contribution in [0.3, 0.4) is 0 Å². The number of benzene rings is 5. The molecule has 5 aromatic rings. The molecule has 0 fully saturated rings. The minimum absolute atomic E-state index is 0.0477. The molecule has 1 N–H and O–H groups in total. The van der Waals surface area contributed by atoms with Crippen molar-refractivity contribution in [3.05, 3.63) is 156 Å². The van der Waals surface area contributed by atoms with Gasteiger partial charge in [0, 0.05) is 19.5 Å². The van der Waals surface area contributed by atoms with E-state index in [1.165, 1.54) is 17.0 Å². The first kappa shape index (κ1) is 36.9. The number of amides is 2. The maximum atomic E-state index is 14.8. The van der Waals surface area contributed by atoms with Gasteiger partial charge >= 0.3 is 0 Å². The van der Waals surface area contributed by atoms with Gasteiger partial charge in [-0.05, 0) is 85.0 Å². The minimum atomic E-state index is -4.23. The molecule has 51 heavy (non-hydrogen) atoms. The lowest BCUT2D eigenvalue weighted by molar-refractivity contribution is -0.140. The van der Waals surface area contributed by atoms with E-state index in [2.05, 4.69) is 5.32 Å². The van der Waals surface area contributed by atoms with Gasteiger partial charge in [-0.1, -0.05) is 104 Å². The average molecular weight is 704 g/mol. The van der Waals surface area contributed by atoms with E-state index in [-0.39, 0.29) is 35.4 Å². The number of sulfonamides is 1. The highest BCUT2D eigenvalue weighted by atomic mass is 32.2. The molecule has 0 aliphatic rings. The lowest BCUT2D eigenvalue weighted by atomic mass is 10.0. The second-order valence-electron chi connectivity index (χ2n) is 13.0. The highest BCUT2D eigenvalue weighted by Gasteiger charge is 2.35. The fourth-order valence-corrected chi connectivity index (χ4v) is 7.03. The van der Waals surface area contributed by atoms with E-state index >= 15 is 0 Å². The summed E-state index contributed by atoms with van der Waals surface area (Å²) in [6, 6.07) is 38.7. The zero-order valence-electron chi connectivity index (χ0n) is 29.5. The van der Waals surface area contributed by atoms with Crippen molar-refractivity contribution in [3.8, 4) is 11.5 Å². The fourth-order valence-electron chi connectivity index (χ4n) is 5.62. The Morgan fingerprint density at radius 3 is 1.94 bits per heavy atom. The van der Waals surface area contributed by atoms with E-state index in [9.17, 15) is 18.0 Å². The number of rotatable bonds is 15. The summed E-state index contributed by atoms with van der Waals surface area (Å²) in [5.41, 5.74) is 3.87. The third-order valence-corrected chi connectivity index (χ3v) is 10.3.